The number of aromatic nitrogens is 3. The molecule has 0 fully saturated rings. The maximum absolute atomic E-state index is 12.5. The lowest BCUT2D eigenvalue weighted by atomic mass is 9.98. The summed E-state index contributed by atoms with van der Waals surface area (Å²) < 4.78 is 1.44. The molecule has 0 saturated carbocycles. The Morgan fingerprint density at radius 1 is 1.06 bits per heavy atom. The molecule has 31 heavy (non-hydrogen) atoms. The number of carboxylic acids is 1. The lowest BCUT2D eigenvalue weighted by molar-refractivity contribution is 0.0696. The summed E-state index contributed by atoms with van der Waals surface area (Å²) in [7, 11) is 0. The van der Waals surface area contributed by atoms with Crippen LogP contribution in [0, 0.1) is 0 Å². The molecule has 0 aliphatic heterocycles. The van der Waals surface area contributed by atoms with Crippen molar-refractivity contribution in [2.45, 2.75) is 26.7 Å². The maximum Gasteiger partial charge on any atom is 0.335 e. The van der Waals surface area contributed by atoms with Gasteiger partial charge in [-0.25, -0.2) is 4.79 Å². The molecule has 0 saturated heterocycles. The predicted molar refractivity (Wildman–Crippen MR) is 120 cm³/mol. The van der Waals surface area contributed by atoms with Gasteiger partial charge in [-0.15, -0.1) is 10.2 Å². The minimum absolute atomic E-state index is 0. The van der Waals surface area contributed by atoms with Crippen molar-refractivity contribution in [2.75, 3.05) is 6.54 Å². The molecule has 0 spiro atoms. The third kappa shape index (κ3) is 4.64. The molecule has 0 aliphatic rings. The fraction of sp³-hybridized carbons (Fsp3) is 0.238. The van der Waals surface area contributed by atoms with E-state index in [-0.39, 0.29) is 53.7 Å². The zero-order valence-electron chi connectivity index (χ0n) is 17.2. The summed E-state index contributed by atoms with van der Waals surface area (Å²) in [6, 6.07) is 8.68. The number of nitrogens with zero attached hydrogens (tertiary/aromatic N) is 3. The Morgan fingerprint density at radius 3 is 2.26 bits per heavy atom. The fourth-order valence-electron chi connectivity index (χ4n) is 3.08. The number of phenolic OH excluding ortho intramolecular Hbond substituents is 2. The molecule has 10 heteroatoms. The van der Waals surface area contributed by atoms with E-state index in [1.807, 2.05) is 13.8 Å². The molecule has 0 bridgehead atoms. The predicted octanol–water partition coefficient (Wildman–Crippen LogP) is 3.03. The van der Waals surface area contributed by atoms with Crippen LogP contribution in [0.15, 0.2) is 36.4 Å². The van der Waals surface area contributed by atoms with Crippen molar-refractivity contribution in [3.63, 3.8) is 0 Å². The highest BCUT2D eigenvalue weighted by atomic mass is 32.1. The van der Waals surface area contributed by atoms with Crippen molar-refractivity contribution in [1.29, 1.82) is 0 Å². The molecule has 3 rings (SSSR count). The number of benzene rings is 2. The van der Waals surface area contributed by atoms with Crippen LogP contribution in [0.1, 0.15) is 53.2 Å². The number of hydrogen-bond donors (Lipinski definition) is 4. The minimum Gasteiger partial charge on any atom is -0.508 e. The van der Waals surface area contributed by atoms with Gasteiger partial charge in [-0.3, -0.25) is 9.36 Å². The number of rotatable bonds is 6. The molecule has 0 aliphatic carbocycles. The summed E-state index contributed by atoms with van der Waals surface area (Å²) in [6.45, 7) is 5.93. The Kier molecular flexibility index (Phi) is 7.29. The van der Waals surface area contributed by atoms with Gasteiger partial charge in [0.1, 0.15) is 11.5 Å². The van der Waals surface area contributed by atoms with Gasteiger partial charge in [0.25, 0.3) is 5.91 Å². The van der Waals surface area contributed by atoms with Crippen LogP contribution in [0.2, 0.25) is 0 Å². The molecule has 3 aromatic rings. The molecule has 0 unspecified atom stereocenters. The Balaban J connectivity index is 0.00000341. The first kappa shape index (κ1) is 23.7. The van der Waals surface area contributed by atoms with Gasteiger partial charge in [-0.2, -0.15) is 13.5 Å². The molecular weight excluding hydrogens is 420 g/mol. The van der Waals surface area contributed by atoms with Crippen LogP contribution < -0.4 is 5.32 Å². The van der Waals surface area contributed by atoms with Crippen LogP contribution in [0.25, 0.3) is 17.1 Å². The van der Waals surface area contributed by atoms with Gasteiger partial charge in [-0.05, 0) is 48.7 Å². The number of aromatic carboxylic acids is 1. The van der Waals surface area contributed by atoms with E-state index in [4.69, 9.17) is 5.11 Å². The fourth-order valence-corrected chi connectivity index (χ4v) is 3.08. The first-order chi connectivity index (χ1) is 14.2. The van der Waals surface area contributed by atoms with E-state index in [9.17, 15) is 19.8 Å². The topological polar surface area (TPSA) is 138 Å². The minimum atomic E-state index is -1.08. The molecule has 164 valence electrons. The van der Waals surface area contributed by atoms with Gasteiger partial charge in [-0.1, -0.05) is 13.8 Å². The Labute approximate surface area is 185 Å². The van der Waals surface area contributed by atoms with Gasteiger partial charge in [0.05, 0.1) is 11.1 Å². The number of hydrogen-bond acceptors (Lipinski definition) is 6. The molecule has 1 aromatic heterocycles. The second-order valence-electron chi connectivity index (χ2n) is 6.98. The van der Waals surface area contributed by atoms with E-state index in [2.05, 4.69) is 15.5 Å². The third-order valence-electron chi connectivity index (χ3n) is 4.58. The maximum atomic E-state index is 12.5. The van der Waals surface area contributed by atoms with Crippen molar-refractivity contribution < 1.29 is 24.9 Å². The standard InChI is InChI=1S/C21H22N4O5.H2S/c1-4-22-20(28)19-24-23-18(15-9-14(11(2)3)16(26)10-17(15)27)25(19)13-7-5-12(6-8-13)21(29)30;/h5-11,26-27H,4H2,1-3H3,(H,22,28)(H,29,30);1H2. The molecule has 2 aromatic carbocycles. The lowest BCUT2D eigenvalue weighted by Gasteiger charge is -2.14. The lowest BCUT2D eigenvalue weighted by Crippen LogP contribution is -2.26. The summed E-state index contributed by atoms with van der Waals surface area (Å²) in [5.41, 5.74) is 1.40. The second-order valence-corrected chi connectivity index (χ2v) is 6.98. The third-order valence-corrected chi connectivity index (χ3v) is 4.58. The molecular formula is C21H24N4O5S. The van der Waals surface area contributed by atoms with Crippen molar-refractivity contribution >= 4 is 25.4 Å². The molecule has 0 radical (unpaired) electrons. The van der Waals surface area contributed by atoms with E-state index in [1.54, 1.807) is 13.0 Å². The Bertz CT molecular complexity index is 1110. The first-order valence-corrected chi connectivity index (χ1v) is 9.38. The molecule has 1 heterocycles. The van der Waals surface area contributed by atoms with Gasteiger partial charge in [0.2, 0.25) is 5.82 Å². The average Bonchev–Trinajstić information content (AvgIpc) is 3.13. The van der Waals surface area contributed by atoms with E-state index in [1.165, 1.54) is 34.9 Å². The van der Waals surface area contributed by atoms with Crippen LogP contribution in [-0.2, 0) is 0 Å². The molecule has 0 atom stereocenters. The monoisotopic (exact) mass is 444 g/mol. The van der Waals surface area contributed by atoms with Crippen molar-refractivity contribution in [3.8, 4) is 28.6 Å². The number of amides is 1. The zero-order valence-corrected chi connectivity index (χ0v) is 18.2. The highest BCUT2D eigenvalue weighted by Crippen LogP contribution is 2.38. The summed E-state index contributed by atoms with van der Waals surface area (Å²) >= 11 is 0. The number of carbonyl (C=O) groups is 2. The zero-order chi connectivity index (χ0) is 22.0. The number of carboxylic acid groups (broad SMARTS) is 1. The molecule has 9 nitrogen and oxygen atoms in total. The molecule has 4 N–H and O–H groups in total. The van der Waals surface area contributed by atoms with E-state index < -0.39 is 11.9 Å². The van der Waals surface area contributed by atoms with Crippen LogP contribution in [-0.4, -0.2) is 48.5 Å². The highest BCUT2D eigenvalue weighted by molar-refractivity contribution is 7.59. The number of phenols is 2. The van der Waals surface area contributed by atoms with Crippen LogP contribution >= 0.6 is 13.5 Å². The van der Waals surface area contributed by atoms with Gasteiger partial charge in [0.15, 0.2) is 5.82 Å². The van der Waals surface area contributed by atoms with E-state index >= 15 is 0 Å². The smallest absolute Gasteiger partial charge is 0.335 e. The summed E-state index contributed by atoms with van der Waals surface area (Å²) in [4.78, 5) is 23.7. The van der Waals surface area contributed by atoms with Gasteiger partial charge < -0.3 is 20.6 Å². The Hall–Kier alpha value is -3.53. The van der Waals surface area contributed by atoms with Crippen LogP contribution in [0.4, 0.5) is 0 Å². The van der Waals surface area contributed by atoms with Crippen molar-refractivity contribution in [3.05, 3.63) is 53.3 Å². The quantitative estimate of drug-likeness (QED) is 0.458. The summed E-state index contributed by atoms with van der Waals surface area (Å²) in [5, 5.41) is 40.5. The van der Waals surface area contributed by atoms with E-state index in [0.717, 1.165) is 0 Å². The van der Waals surface area contributed by atoms with Gasteiger partial charge in [0, 0.05) is 18.3 Å². The SMILES string of the molecule is CCNC(=O)c1nnc(-c2cc(C(C)C)c(O)cc2O)n1-c1ccc(C(=O)O)cc1.S. The van der Waals surface area contributed by atoms with E-state index in [0.29, 0.717) is 17.8 Å². The number of carbonyl (C=O) groups excluding carboxylic acids is 1. The molecule has 1 amide bonds. The normalized spacial score (nSPS) is 10.6. The first-order valence-electron chi connectivity index (χ1n) is 9.38. The Morgan fingerprint density at radius 2 is 1.71 bits per heavy atom. The van der Waals surface area contributed by atoms with Crippen LogP contribution in [0.3, 0.4) is 0 Å². The summed E-state index contributed by atoms with van der Waals surface area (Å²) in [6.07, 6.45) is 0. The second kappa shape index (κ2) is 9.52. The largest absolute Gasteiger partial charge is 0.508 e. The highest BCUT2D eigenvalue weighted by Gasteiger charge is 2.24. The number of nitrogens with one attached hydrogen (secondary N) is 1. The summed E-state index contributed by atoms with van der Waals surface area (Å²) in [5.74, 6) is -1.69. The van der Waals surface area contributed by atoms with Gasteiger partial charge >= 0.3 is 5.97 Å². The number of aromatic hydroxyl groups is 2. The van der Waals surface area contributed by atoms with Crippen molar-refractivity contribution in [2.24, 2.45) is 0 Å². The van der Waals surface area contributed by atoms with Crippen molar-refractivity contribution in [1.82, 2.24) is 20.1 Å². The average molecular weight is 445 g/mol. The van der Waals surface area contributed by atoms with Crippen LogP contribution in [0.5, 0.6) is 11.5 Å².